The number of fused-ring (bicyclic) bond motifs is 1. The molecule has 1 aliphatic heterocycles. The van der Waals surface area contributed by atoms with Crippen LogP contribution in [0, 0.1) is 5.92 Å². The minimum Gasteiger partial charge on any atom is -0.395 e. The van der Waals surface area contributed by atoms with Crippen LogP contribution in [0.5, 0.6) is 0 Å². The Morgan fingerprint density at radius 1 is 1.68 bits per heavy atom. The third kappa shape index (κ3) is 2.98. The summed E-state index contributed by atoms with van der Waals surface area (Å²) in [5, 5.41) is 9.62. The van der Waals surface area contributed by atoms with Gasteiger partial charge in [0.2, 0.25) is 5.91 Å². The number of likely N-dealkylation sites (N-methyl/N-ethyl adjacent to an activating group) is 1. The van der Waals surface area contributed by atoms with Crippen molar-refractivity contribution in [3.63, 3.8) is 0 Å². The van der Waals surface area contributed by atoms with Gasteiger partial charge in [-0.25, -0.2) is 4.98 Å². The van der Waals surface area contributed by atoms with Gasteiger partial charge in [-0.2, -0.15) is 0 Å². The van der Waals surface area contributed by atoms with Crippen molar-refractivity contribution in [2.75, 3.05) is 25.4 Å². The number of aliphatic hydroxyl groups is 1. The van der Waals surface area contributed by atoms with Crippen LogP contribution in [0.3, 0.4) is 0 Å². The number of hydrogen-bond donors (Lipinski definition) is 1. The largest absolute Gasteiger partial charge is 0.395 e. The number of rotatable bonds is 4. The van der Waals surface area contributed by atoms with Gasteiger partial charge in [-0.15, -0.1) is 0 Å². The molecule has 19 heavy (non-hydrogen) atoms. The molecule has 1 amide bonds. The second kappa shape index (κ2) is 6.21. The molecule has 1 aromatic heterocycles. The maximum Gasteiger partial charge on any atom is 0.254 e. The normalized spacial score (nSPS) is 17.9. The maximum absolute atomic E-state index is 12.3. The monoisotopic (exact) mass is 283 g/mol. The molecule has 0 fully saturated rings. The van der Waals surface area contributed by atoms with Gasteiger partial charge in [0.25, 0.3) is 5.56 Å². The topological polar surface area (TPSA) is 75.4 Å². The van der Waals surface area contributed by atoms with Crippen molar-refractivity contribution in [1.82, 2.24) is 14.5 Å². The average Bonchev–Trinajstić information content (AvgIpc) is 2.44. The molecule has 1 atom stereocenters. The maximum atomic E-state index is 12.3. The average molecular weight is 283 g/mol. The molecule has 0 aliphatic carbocycles. The number of carbonyl (C=O) groups excluding carboxylic acids is 1. The minimum absolute atomic E-state index is 0.00884. The Balaban J connectivity index is 2.15. The summed E-state index contributed by atoms with van der Waals surface area (Å²) >= 11 is 1.43. The van der Waals surface area contributed by atoms with Gasteiger partial charge in [-0.05, 0) is 6.92 Å². The second-order valence-electron chi connectivity index (χ2n) is 4.33. The van der Waals surface area contributed by atoms with Crippen LogP contribution in [0.2, 0.25) is 0 Å². The van der Waals surface area contributed by atoms with Crippen LogP contribution in [-0.4, -0.2) is 50.9 Å². The summed E-state index contributed by atoms with van der Waals surface area (Å²) < 4.78 is 1.55. The highest BCUT2D eigenvalue weighted by atomic mass is 32.2. The van der Waals surface area contributed by atoms with E-state index in [4.69, 9.17) is 5.11 Å². The molecular formula is C12H17N3O3S. The zero-order chi connectivity index (χ0) is 13.8. The van der Waals surface area contributed by atoms with Gasteiger partial charge < -0.3 is 10.0 Å². The Bertz CT molecular complexity index is 517. The standard InChI is InChI=1S/C12H17N3O3S/c1-2-14(5-6-16)11(18)9-7-15-10(17)3-4-13-12(15)19-8-9/h3-4,9,16H,2,5-8H2,1H3. The van der Waals surface area contributed by atoms with E-state index < -0.39 is 0 Å². The van der Waals surface area contributed by atoms with Crippen molar-refractivity contribution < 1.29 is 9.90 Å². The first-order valence-electron chi connectivity index (χ1n) is 6.25. The number of amides is 1. The molecule has 2 rings (SSSR count). The predicted molar refractivity (Wildman–Crippen MR) is 72.1 cm³/mol. The van der Waals surface area contributed by atoms with E-state index in [2.05, 4.69) is 4.98 Å². The second-order valence-corrected chi connectivity index (χ2v) is 5.31. The van der Waals surface area contributed by atoms with Crippen LogP contribution in [-0.2, 0) is 11.3 Å². The van der Waals surface area contributed by atoms with Crippen molar-refractivity contribution in [1.29, 1.82) is 0 Å². The van der Waals surface area contributed by atoms with Gasteiger partial charge in [-0.1, -0.05) is 11.8 Å². The van der Waals surface area contributed by atoms with E-state index in [1.165, 1.54) is 24.0 Å². The van der Waals surface area contributed by atoms with Crippen LogP contribution in [0.4, 0.5) is 0 Å². The molecule has 0 aromatic carbocycles. The van der Waals surface area contributed by atoms with Crippen LogP contribution < -0.4 is 5.56 Å². The zero-order valence-electron chi connectivity index (χ0n) is 10.8. The summed E-state index contributed by atoms with van der Waals surface area (Å²) in [5.41, 5.74) is -0.125. The fourth-order valence-electron chi connectivity index (χ4n) is 2.10. The molecular weight excluding hydrogens is 266 g/mol. The lowest BCUT2D eigenvalue weighted by Crippen LogP contribution is -2.43. The van der Waals surface area contributed by atoms with E-state index in [1.807, 2.05) is 6.92 Å². The van der Waals surface area contributed by atoms with Gasteiger partial charge >= 0.3 is 0 Å². The highest BCUT2D eigenvalue weighted by Crippen LogP contribution is 2.25. The molecule has 0 radical (unpaired) electrons. The molecule has 104 valence electrons. The predicted octanol–water partition coefficient (Wildman–Crippen LogP) is -0.194. The van der Waals surface area contributed by atoms with Gasteiger partial charge in [-0.3, -0.25) is 14.2 Å². The minimum atomic E-state index is -0.231. The lowest BCUT2D eigenvalue weighted by molar-refractivity contribution is -0.135. The molecule has 7 heteroatoms. The SMILES string of the molecule is CCN(CCO)C(=O)C1CSc2nccc(=O)n2C1. The quantitative estimate of drug-likeness (QED) is 0.775. The highest BCUT2D eigenvalue weighted by Gasteiger charge is 2.29. The van der Waals surface area contributed by atoms with Crippen LogP contribution in [0.1, 0.15) is 6.92 Å². The number of carbonyl (C=O) groups is 1. The van der Waals surface area contributed by atoms with E-state index in [0.717, 1.165) is 0 Å². The fourth-order valence-corrected chi connectivity index (χ4v) is 3.16. The van der Waals surface area contributed by atoms with E-state index in [1.54, 1.807) is 9.47 Å². The number of aliphatic hydroxyl groups excluding tert-OH is 1. The molecule has 2 heterocycles. The number of hydrogen-bond acceptors (Lipinski definition) is 5. The van der Waals surface area contributed by atoms with E-state index in [-0.39, 0.29) is 24.0 Å². The lowest BCUT2D eigenvalue weighted by atomic mass is 10.1. The van der Waals surface area contributed by atoms with E-state index in [0.29, 0.717) is 30.5 Å². The van der Waals surface area contributed by atoms with Crippen molar-refractivity contribution in [3.05, 3.63) is 22.6 Å². The number of nitrogens with zero attached hydrogens (tertiary/aromatic N) is 3. The third-order valence-electron chi connectivity index (χ3n) is 3.13. The van der Waals surface area contributed by atoms with Gasteiger partial charge in [0.1, 0.15) is 0 Å². The third-order valence-corrected chi connectivity index (χ3v) is 4.28. The number of aromatic nitrogens is 2. The van der Waals surface area contributed by atoms with Crippen LogP contribution in [0.25, 0.3) is 0 Å². The zero-order valence-corrected chi connectivity index (χ0v) is 11.6. The first-order valence-corrected chi connectivity index (χ1v) is 7.24. The first kappa shape index (κ1) is 14.1. The smallest absolute Gasteiger partial charge is 0.254 e. The Kier molecular flexibility index (Phi) is 4.60. The van der Waals surface area contributed by atoms with E-state index >= 15 is 0 Å². The molecule has 0 saturated heterocycles. The van der Waals surface area contributed by atoms with Crippen molar-refractivity contribution >= 4 is 17.7 Å². The number of thioether (sulfide) groups is 1. The van der Waals surface area contributed by atoms with Gasteiger partial charge in [0.05, 0.1) is 12.5 Å². The summed E-state index contributed by atoms with van der Waals surface area (Å²) in [6, 6.07) is 1.40. The lowest BCUT2D eigenvalue weighted by Gasteiger charge is -2.29. The summed E-state index contributed by atoms with van der Waals surface area (Å²) in [5.74, 6) is 0.383. The fraction of sp³-hybridized carbons (Fsp3) is 0.583. The van der Waals surface area contributed by atoms with Crippen molar-refractivity contribution in [3.8, 4) is 0 Å². The molecule has 1 unspecified atom stereocenters. The highest BCUT2D eigenvalue weighted by molar-refractivity contribution is 7.99. The van der Waals surface area contributed by atoms with E-state index in [9.17, 15) is 9.59 Å². The molecule has 1 aromatic rings. The Hall–Kier alpha value is -1.34. The molecule has 1 aliphatic rings. The first-order chi connectivity index (χ1) is 9.17. The van der Waals surface area contributed by atoms with Gasteiger partial charge in [0, 0.05) is 37.7 Å². The molecule has 0 spiro atoms. The summed E-state index contributed by atoms with van der Waals surface area (Å²) in [4.78, 5) is 29.8. The Morgan fingerprint density at radius 3 is 3.16 bits per heavy atom. The van der Waals surface area contributed by atoms with Gasteiger partial charge in [0.15, 0.2) is 5.16 Å². The Labute approximate surface area is 115 Å². The molecule has 0 bridgehead atoms. The van der Waals surface area contributed by atoms with Crippen LogP contribution in [0.15, 0.2) is 22.2 Å². The summed E-state index contributed by atoms with van der Waals surface area (Å²) in [7, 11) is 0. The molecule has 1 N–H and O–H groups in total. The molecule has 6 nitrogen and oxygen atoms in total. The summed E-state index contributed by atoms with van der Waals surface area (Å²) in [6.07, 6.45) is 1.49. The molecule has 0 saturated carbocycles. The van der Waals surface area contributed by atoms with Crippen LogP contribution >= 0.6 is 11.8 Å². The Morgan fingerprint density at radius 2 is 2.47 bits per heavy atom. The van der Waals surface area contributed by atoms with Crippen molar-refractivity contribution in [2.24, 2.45) is 5.92 Å². The summed E-state index contributed by atoms with van der Waals surface area (Å²) in [6.45, 7) is 3.11. The van der Waals surface area contributed by atoms with Crippen molar-refractivity contribution in [2.45, 2.75) is 18.6 Å².